The van der Waals surface area contributed by atoms with Crippen molar-refractivity contribution in [2.45, 2.75) is 148 Å². The van der Waals surface area contributed by atoms with E-state index < -0.39 is 25.4 Å². The minimum atomic E-state index is -0.716. The maximum absolute atomic E-state index is 14.2. The standard InChI is InChI=1S/C38H54BN3O6/c1-25-13-8-6-5-7-9-17-33(39-47-32-20-28-19-31(37(28,2)3)38(32,4)48-39)40-35(44)30-21-29(24-42(30)34(43)18-12-14-25)46-36(45)41-22-26-15-10-11-16-27(26)23-41/h10-11,13,15-16,28-33H,5-9,12,14,17-24H2,1-4H3,(H,40,44)/b25-13+/t28-,29+,30-,31-,32+,33-,38-/m0/s1. The third-order valence-electron chi connectivity index (χ3n) is 12.8. The Morgan fingerprint density at radius 2 is 1.73 bits per heavy atom. The van der Waals surface area contributed by atoms with Crippen LogP contribution in [0.3, 0.4) is 0 Å². The quantitative estimate of drug-likeness (QED) is 0.295. The van der Waals surface area contributed by atoms with Gasteiger partial charge in [0, 0.05) is 25.9 Å². The van der Waals surface area contributed by atoms with E-state index in [4.69, 9.17) is 14.0 Å². The Morgan fingerprint density at radius 1 is 0.979 bits per heavy atom. The zero-order chi connectivity index (χ0) is 33.6. The lowest BCUT2D eigenvalue weighted by molar-refractivity contribution is -0.199. The number of nitrogens with one attached hydrogen (secondary N) is 1. The van der Waals surface area contributed by atoms with Crippen molar-refractivity contribution in [3.8, 4) is 0 Å². The van der Waals surface area contributed by atoms with Crippen LogP contribution in [0.2, 0.25) is 0 Å². The van der Waals surface area contributed by atoms with Crippen LogP contribution in [0.5, 0.6) is 0 Å². The topological polar surface area (TPSA) is 97.4 Å². The van der Waals surface area contributed by atoms with Crippen molar-refractivity contribution < 1.29 is 28.4 Å². The second-order valence-corrected chi connectivity index (χ2v) is 16.3. The van der Waals surface area contributed by atoms with E-state index in [1.807, 2.05) is 24.3 Å². The average Bonchev–Trinajstić information content (AvgIpc) is 3.77. The predicted octanol–water partition coefficient (Wildman–Crippen LogP) is 6.33. The number of carbonyl (C=O) groups excluding carboxylic acids is 3. The minimum absolute atomic E-state index is 0.0281. The fraction of sp³-hybridized carbons (Fsp3) is 0.711. The van der Waals surface area contributed by atoms with Crippen molar-refractivity contribution in [1.29, 1.82) is 0 Å². The number of amides is 3. The van der Waals surface area contributed by atoms with Gasteiger partial charge in [-0.05, 0) is 87.2 Å². The summed E-state index contributed by atoms with van der Waals surface area (Å²) < 4.78 is 19.5. The third-order valence-corrected chi connectivity index (χ3v) is 12.8. The number of nitrogens with zero attached hydrogens (tertiary/aromatic N) is 2. The van der Waals surface area contributed by atoms with Crippen LogP contribution in [0.1, 0.15) is 116 Å². The number of benzene rings is 1. The lowest BCUT2D eigenvalue weighted by Gasteiger charge is -2.64. The summed E-state index contributed by atoms with van der Waals surface area (Å²) in [5.41, 5.74) is 3.42. The molecule has 0 aromatic heterocycles. The molecule has 7 atom stereocenters. The molecule has 1 N–H and O–H groups in total. The number of hydrogen-bond donors (Lipinski definition) is 1. The number of rotatable bonds is 2. The van der Waals surface area contributed by atoms with Gasteiger partial charge in [0.15, 0.2) is 0 Å². The van der Waals surface area contributed by atoms with Crippen LogP contribution in [0, 0.1) is 17.3 Å². The molecule has 4 aliphatic heterocycles. The van der Waals surface area contributed by atoms with Gasteiger partial charge in [0.1, 0.15) is 12.1 Å². The Labute approximate surface area is 286 Å². The monoisotopic (exact) mass is 659 g/mol. The van der Waals surface area contributed by atoms with Gasteiger partial charge in [-0.2, -0.15) is 0 Å². The summed E-state index contributed by atoms with van der Waals surface area (Å²) in [6, 6.07) is 7.31. The summed E-state index contributed by atoms with van der Waals surface area (Å²) in [5, 5.41) is 3.33. The Hall–Kier alpha value is -2.85. The predicted molar refractivity (Wildman–Crippen MR) is 183 cm³/mol. The van der Waals surface area contributed by atoms with Crippen molar-refractivity contribution in [3.63, 3.8) is 0 Å². The van der Waals surface area contributed by atoms with Crippen LogP contribution < -0.4 is 5.32 Å². The molecule has 2 bridgehead atoms. The van der Waals surface area contributed by atoms with E-state index in [1.54, 1.807) is 9.80 Å². The smallest absolute Gasteiger partial charge is 0.444 e. The van der Waals surface area contributed by atoms with Gasteiger partial charge in [0.25, 0.3) is 0 Å². The molecule has 2 saturated heterocycles. The largest absolute Gasteiger partial charge is 0.481 e. The lowest BCUT2D eigenvalue weighted by Crippen LogP contribution is -2.65. The molecule has 48 heavy (non-hydrogen) atoms. The first kappa shape index (κ1) is 33.6. The number of ether oxygens (including phenoxy) is 1. The van der Waals surface area contributed by atoms with Gasteiger partial charge in [-0.1, -0.05) is 69.0 Å². The first-order valence-electron chi connectivity index (χ1n) is 18.6. The van der Waals surface area contributed by atoms with Crippen LogP contribution in [-0.4, -0.2) is 71.2 Å². The van der Waals surface area contributed by atoms with Gasteiger partial charge in [-0.25, -0.2) is 4.79 Å². The van der Waals surface area contributed by atoms with Gasteiger partial charge in [-0.15, -0.1) is 0 Å². The molecule has 0 radical (unpaired) electrons. The first-order valence-corrected chi connectivity index (χ1v) is 18.6. The second kappa shape index (κ2) is 13.5. The molecule has 10 heteroatoms. The molecule has 8 rings (SSSR count). The molecule has 0 spiro atoms. The molecular weight excluding hydrogens is 605 g/mol. The summed E-state index contributed by atoms with van der Waals surface area (Å²) in [4.78, 5) is 44.6. The van der Waals surface area contributed by atoms with Crippen molar-refractivity contribution in [1.82, 2.24) is 15.1 Å². The molecule has 3 amide bonds. The molecule has 5 fully saturated rings. The minimum Gasteiger partial charge on any atom is -0.444 e. The van der Waals surface area contributed by atoms with Crippen molar-refractivity contribution >= 4 is 25.0 Å². The van der Waals surface area contributed by atoms with Crippen molar-refractivity contribution in [2.24, 2.45) is 17.3 Å². The highest BCUT2D eigenvalue weighted by atomic mass is 16.7. The van der Waals surface area contributed by atoms with Crippen LogP contribution in [0.15, 0.2) is 35.9 Å². The third kappa shape index (κ3) is 6.44. The summed E-state index contributed by atoms with van der Waals surface area (Å²) in [5.74, 6) is 0.480. The number of fused-ring (bicyclic) bond motifs is 2. The number of carbonyl (C=O) groups is 3. The van der Waals surface area contributed by atoms with Crippen LogP contribution in [-0.2, 0) is 36.7 Å². The molecular formula is C38H54BN3O6. The summed E-state index contributed by atoms with van der Waals surface area (Å²) in [6.45, 7) is 10.3. The molecule has 9 nitrogen and oxygen atoms in total. The Bertz CT molecular complexity index is 1410. The molecule has 0 unspecified atom stereocenters. The van der Waals surface area contributed by atoms with E-state index in [-0.39, 0.29) is 47.8 Å². The highest BCUT2D eigenvalue weighted by Gasteiger charge is 2.68. The Morgan fingerprint density at radius 3 is 2.48 bits per heavy atom. The van der Waals surface area contributed by atoms with Crippen LogP contribution in [0.4, 0.5) is 4.79 Å². The van der Waals surface area contributed by atoms with Crippen molar-refractivity contribution in [3.05, 3.63) is 47.0 Å². The number of allylic oxidation sites excluding steroid dienone is 2. The molecule has 3 saturated carbocycles. The maximum atomic E-state index is 14.2. The zero-order valence-corrected chi connectivity index (χ0v) is 29.4. The van der Waals surface area contributed by atoms with E-state index in [2.05, 4.69) is 39.1 Å². The highest BCUT2D eigenvalue weighted by molar-refractivity contribution is 6.47. The van der Waals surface area contributed by atoms with Gasteiger partial charge in [-0.3, -0.25) is 14.5 Å². The van der Waals surface area contributed by atoms with E-state index in [0.717, 1.165) is 68.9 Å². The molecule has 4 heterocycles. The van der Waals surface area contributed by atoms with Gasteiger partial charge in [0.2, 0.25) is 11.8 Å². The van der Waals surface area contributed by atoms with Gasteiger partial charge in [0.05, 0.1) is 24.2 Å². The SMILES string of the molecule is C/C1=C\CCCCCC[C@@H](B2O[C@@H]3C[C@@H]4C[C@@H](C4(C)C)[C@]3(C)O2)NC(=O)[C@@H]2C[C@@H](OC(=O)N3Cc4ccccc4C3)CN2C(=O)CCC1. The van der Waals surface area contributed by atoms with E-state index in [0.29, 0.717) is 31.3 Å². The lowest BCUT2D eigenvalue weighted by atomic mass is 9.43. The van der Waals surface area contributed by atoms with Gasteiger partial charge >= 0.3 is 13.2 Å². The molecule has 260 valence electrons. The molecule has 1 aromatic carbocycles. The Balaban J connectivity index is 1.07. The van der Waals surface area contributed by atoms with Crippen molar-refractivity contribution in [2.75, 3.05) is 6.54 Å². The maximum Gasteiger partial charge on any atom is 0.481 e. The molecule has 1 aromatic rings. The van der Waals surface area contributed by atoms with Crippen LogP contribution >= 0.6 is 0 Å². The highest BCUT2D eigenvalue weighted by Crippen LogP contribution is 2.65. The Kier molecular flexibility index (Phi) is 9.44. The summed E-state index contributed by atoms with van der Waals surface area (Å²) in [6.07, 6.45) is 11.9. The normalized spacial score (nSPS) is 36.6. The number of hydrogen-bond acceptors (Lipinski definition) is 6. The zero-order valence-electron chi connectivity index (χ0n) is 29.4. The first-order chi connectivity index (χ1) is 23.0. The van der Waals surface area contributed by atoms with E-state index >= 15 is 0 Å². The second-order valence-electron chi connectivity index (χ2n) is 16.3. The van der Waals surface area contributed by atoms with Crippen LogP contribution in [0.25, 0.3) is 0 Å². The van der Waals surface area contributed by atoms with Gasteiger partial charge < -0.3 is 24.3 Å². The van der Waals surface area contributed by atoms with E-state index in [1.165, 1.54) is 12.0 Å². The molecule has 7 aliphatic rings. The summed E-state index contributed by atoms with van der Waals surface area (Å²) in [7, 11) is -0.525. The van der Waals surface area contributed by atoms with E-state index in [9.17, 15) is 14.4 Å². The fourth-order valence-electron chi connectivity index (χ4n) is 9.69. The fourth-order valence-corrected chi connectivity index (χ4v) is 9.69. The average molecular weight is 660 g/mol. The summed E-state index contributed by atoms with van der Waals surface area (Å²) >= 11 is 0. The molecule has 3 aliphatic carbocycles.